The molecule has 0 unspecified atom stereocenters. The van der Waals surface area contributed by atoms with Crippen LogP contribution in [-0.2, 0) is 4.74 Å². The molecule has 0 amide bonds. The first-order chi connectivity index (χ1) is 8.67. The van der Waals surface area contributed by atoms with Crippen LogP contribution in [0.3, 0.4) is 0 Å². The number of carbonyl (C=O) groups excluding carboxylic acids is 1. The normalized spacial score (nSPS) is 9.83. The molecular weight excluding hydrogens is 254 g/mol. The molecule has 0 aliphatic carbocycles. The van der Waals surface area contributed by atoms with Gasteiger partial charge in [0.1, 0.15) is 16.9 Å². The Morgan fingerprint density at radius 3 is 3.06 bits per heavy atom. The van der Waals surface area contributed by atoms with Crippen LogP contribution in [0.2, 0.25) is 5.15 Å². The van der Waals surface area contributed by atoms with E-state index in [9.17, 15) is 4.79 Å². The average Bonchev–Trinajstić information content (AvgIpc) is 2.86. The second-order valence-electron chi connectivity index (χ2n) is 3.39. The minimum atomic E-state index is -0.489. The molecule has 0 aliphatic heterocycles. The van der Waals surface area contributed by atoms with Crippen molar-refractivity contribution in [3.8, 4) is 11.8 Å². The monoisotopic (exact) mass is 261 g/mol. The lowest BCUT2D eigenvalue weighted by molar-refractivity contribution is 0.0591. The molecule has 0 bridgehead atoms. The number of pyridine rings is 1. The van der Waals surface area contributed by atoms with Gasteiger partial charge in [0.05, 0.1) is 18.4 Å². The smallest absolute Gasteiger partial charge is 0.355 e. The maximum atomic E-state index is 11.6. The third kappa shape index (κ3) is 2.06. The Labute approximate surface area is 108 Å². The molecule has 0 aliphatic rings. The second kappa shape index (κ2) is 4.90. The zero-order chi connectivity index (χ0) is 13.1. The number of esters is 1. The van der Waals surface area contributed by atoms with Gasteiger partial charge >= 0.3 is 5.97 Å². The Balaban J connectivity index is 2.63. The topological polar surface area (TPSA) is 67.9 Å². The molecule has 0 saturated carbocycles. The molecule has 0 radical (unpaired) electrons. The Bertz CT molecular complexity index is 643. The van der Waals surface area contributed by atoms with E-state index in [2.05, 4.69) is 9.72 Å². The number of carbonyl (C=O) groups is 1. The van der Waals surface area contributed by atoms with Gasteiger partial charge in [-0.1, -0.05) is 11.6 Å². The molecule has 2 aromatic rings. The fourth-order valence-electron chi connectivity index (χ4n) is 1.57. The van der Waals surface area contributed by atoms with Crippen LogP contribution in [-0.4, -0.2) is 22.6 Å². The molecule has 5 nitrogen and oxygen atoms in total. The number of nitrogens with zero attached hydrogens (tertiary/aromatic N) is 3. The van der Waals surface area contributed by atoms with Crippen molar-refractivity contribution in [1.82, 2.24) is 9.55 Å². The predicted octanol–water partition coefficient (Wildman–Crippen LogP) is 2.18. The van der Waals surface area contributed by atoms with Crippen molar-refractivity contribution in [1.29, 1.82) is 5.26 Å². The Morgan fingerprint density at radius 1 is 1.61 bits per heavy atom. The van der Waals surface area contributed by atoms with E-state index < -0.39 is 5.97 Å². The number of halogens is 1. The highest BCUT2D eigenvalue weighted by Crippen LogP contribution is 2.20. The lowest BCUT2D eigenvalue weighted by atomic mass is 10.2. The zero-order valence-electron chi connectivity index (χ0n) is 9.42. The molecule has 0 spiro atoms. The van der Waals surface area contributed by atoms with Gasteiger partial charge in [0, 0.05) is 18.5 Å². The lowest BCUT2D eigenvalue weighted by Gasteiger charge is -2.09. The first-order valence-electron chi connectivity index (χ1n) is 4.99. The fourth-order valence-corrected chi connectivity index (χ4v) is 1.72. The molecule has 2 aromatic heterocycles. The fraction of sp³-hybridized carbons (Fsp3) is 0.0833. The maximum Gasteiger partial charge on any atom is 0.355 e. The number of nitriles is 1. The van der Waals surface area contributed by atoms with Gasteiger partial charge in [-0.2, -0.15) is 5.26 Å². The van der Waals surface area contributed by atoms with E-state index in [-0.39, 0.29) is 5.15 Å². The molecule has 0 atom stereocenters. The Kier molecular flexibility index (Phi) is 3.31. The highest BCUT2D eigenvalue weighted by molar-refractivity contribution is 6.29. The van der Waals surface area contributed by atoms with E-state index in [1.165, 1.54) is 23.9 Å². The standard InChI is InChI=1S/C12H8ClN3O2/c1-18-12(17)9-3-2-4-16(9)10-5-11(13)15-7-8(10)6-14/h2-5,7H,1H3. The van der Waals surface area contributed by atoms with Crippen LogP contribution in [0, 0.1) is 11.3 Å². The summed E-state index contributed by atoms with van der Waals surface area (Å²) in [5, 5.41) is 9.28. The van der Waals surface area contributed by atoms with Crippen LogP contribution >= 0.6 is 11.6 Å². The van der Waals surface area contributed by atoms with E-state index in [0.717, 1.165) is 0 Å². The van der Waals surface area contributed by atoms with Gasteiger partial charge in [0.2, 0.25) is 0 Å². The molecule has 18 heavy (non-hydrogen) atoms. The van der Waals surface area contributed by atoms with Crippen LogP contribution < -0.4 is 0 Å². The Morgan fingerprint density at radius 2 is 2.39 bits per heavy atom. The summed E-state index contributed by atoms with van der Waals surface area (Å²) in [7, 11) is 1.30. The van der Waals surface area contributed by atoms with Gasteiger partial charge in [0.25, 0.3) is 0 Å². The maximum absolute atomic E-state index is 11.6. The number of methoxy groups -OCH3 is 1. The molecular formula is C12H8ClN3O2. The largest absolute Gasteiger partial charge is 0.464 e. The number of rotatable bonds is 2. The summed E-state index contributed by atoms with van der Waals surface area (Å²) >= 11 is 5.81. The van der Waals surface area contributed by atoms with E-state index in [4.69, 9.17) is 16.9 Å². The van der Waals surface area contributed by atoms with Crippen LogP contribution in [0.1, 0.15) is 16.1 Å². The van der Waals surface area contributed by atoms with Gasteiger partial charge in [-0.3, -0.25) is 0 Å². The number of hydrogen-bond acceptors (Lipinski definition) is 4. The summed E-state index contributed by atoms with van der Waals surface area (Å²) in [6, 6.07) is 6.80. The van der Waals surface area contributed by atoms with Crippen molar-refractivity contribution < 1.29 is 9.53 Å². The molecule has 2 rings (SSSR count). The summed E-state index contributed by atoms with van der Waals surface area (Å²) in [5.74, 6) is -0.489. The van der Waals surface area contributed by atoms with E-state index >= 15 is 0 Å². The highest BCUT2D eigenvalue weighted by Gasteiger charge is 2.15. The van der Waals surface area contributed by atoms with E-state index in [0.29, 0.717) is 16.9 Å². The van der Waals surface area contributed by atoms with E-state index in [1.54, 1.807) is 18.3 Å². The predicted molar refractivity (Wildman–Crippen MR) is 64.6 cm³/mol. The van der Waals surface area contributed by atoms with E-state index in [1.807, 2.05) is 6.07 Å². The van der Waals surface area contributed by atoms with Crippen LogP contribution in [0.15, 0.2) is 30.6 Å². The van der Waals surface area contributed by atoms with Gasteiger partial charge in [-0.25, -0.2) is 9.78 Å². The molecule has 90 valence electrons. The minimum Gasteiger partial charge on any atom is -0.464 e. The zero-order valence-corrected chi connectivity index (χ0v) is 10.2. The van der Waals surface area contributed by atoms with Crippen LogP contribution in [0.4, 0.5) is 0 Å². The van der Waals surface area contributed by atoms with Crippen molar-refractivity contribution >= 4 is 17.6 Å². The average molecular weight is 262 g/mol. The summed E-state index contributed by atoms with van der Waals surface area (Å²) in [5.41, 5.74) is 1.12. The van der Waals surface area contributed by atoms with Crippen LogP contribution in [0.25, 0.3) is 5.69 Å². The van der Waals surface area contributed by atoms with Crippen LogP contribution in [0.5, 0.6) is 0 Å². The van der Waals surface area contributed by atoms with Crippen molar-refractivity contribution in [3.05, 3.63) is 47.0 Å². The summed E-state index contributed by atoms with van der Waals surface area (Å²) in [6.45, 7) is 0. The molecule has 0 aromatic carbocycles. The minimum absolute atomic E-state index is 0.244. The first-order valence-corrected chi connectivity index (χ1v) is 5.37. The van der Waals surface area contributed by atoms with Crippen molar-refractivity contribution in [2.75, 3.05) is 7.11 Å². The molecule has 2 heterocycles. The SMILES string of the molecule is COC(=O)c1cccn1-c1cc(Cl)ncc1C#N. The van der Waals surface area contributed by atoms with Gasteiger partial charge in [-0.05, 0) is 12.1 Å². The number of aromatic nitrogens is 2. The second-order valence-corrected chi connectivity index (χ2v) is 3.78. The quantitative estimate of drug-likeness (QED) is 0.614. The first kappa shape index (κ1) is 12.1. The van der Waals surface area contributed by atoms with Gasteiger partial charge in [-0.15, -0.1) is 0 Å². The lowest BCUT2D eigenvalue weighted by Crippen LogP contribution is -2.09. The van der Waals surface area contributed by atoms with Gasteiger partial charge in [0.15, 0.2) is 0 Å². The third-order valence-corrected chi connectivity index (χ3v) is 2.58. The summed E-state index contributed by atoms with van der Waals surface area (Å²) in [4.78, 5) is 15.4. The third-order valence-electron chi connectivity index (χ3n) is 2.37. The van der Waals surface area contributed by atoms with Gasteiger partial charge < -0.3 is 9.30 Å². The molecule has 0 fully saturated rings. The van der Waals surface area contributed by atoms with Crippen molar-refractivity contribution in [2.24, 2.45) is 0 Å². The number of hydrogen-bond donors (Lipinski definition) is 0. The molecule has 0 saturated heterocycles. The highest BCUT2D eigenvalue weighted by atomic mass is 35.5. The van der Waals surface area contributed by atoms with Crippen molar-refractivity contribution in [3.63, 3.8) is 0 Å². The Hall–Kier alpha value is -2.32. The summed E-state index contributed by atoms with van der Waals surface area (Å²) < 4.78 is 6.21. The summed E-state index contributed by atoms with van der Waals surface area (Å²) in [6.07, 6.45) is 3.01. The van der Waals surface area contributed by atoms with Crippen molar-refractivity contribution in [2.45, 2.75) is 0 Å². The molecule has 0 N–H and O–H groups in total. The molecule has 6 heteroatoms. The number of ether oxygens (including phenoxy) is 1.